The van der Waals surface area contributed by atoms with Gasteiger partial charge in [0.25, 0.3) is 0 Å². The van der Waals surface area contributed by atoms with Gasteiger partial charge in [-0.3, -0.25) is 16.0 Å². The molecule has 2 unspecified atom stereocenters. The fourth-order valence-corrected chi connectivity index (χ4v) is 6.20. The Morgan fingerprint density at radius 1 is 0.391 bits per heavy atom. The minimum absolute atomic E-state index is 0. The molecule has 0 saturated carbocycles. The van der Waals surface area contributed by atoms with E-state index in [9.17, 15) is 0 Å². The van der Waals surface area contributed by atoms with Gasteiger partial charge in [0.1, 0.15) is 0 Å². The van der Waals surface area contributed by atoms with Gasteiger partial charge in [-0.25, -0.2) is 0 Å². The van der Waals surface area contributed by atoms with Crippen LogP contribution in [0.15, 0.2) is 0 Å². The topological polar surface area (TPSA) is 36.1 Å². The van der Waals surface area contributed by atoms with Crippen LogP contribution in [0, 0.1) is 6.92 Å². The molecule has 0 aromatic rings. The summed E-state index contributed by atoms with van der Waals surface area (Å²) in [7, 11) is 0. The van der Waals surface area contributed by atoms with Gasteiger partial charge in [0.2, 0.25) is 0 Å². The van der Waals surface area contributed by atoms with Crippen molar-refractivity contribution in [1.29, 1.82) is 0 Å². The Morgan fingerprint density at radius 3 is 0.891 bits per heavy atom. The third-order valence-electron chi connectivity index (χ3n) is 9.15. The van der Waals surface area contributed by atoms with Crippen LogP contribution in [0.5, 0.6) is 0 Å². The minimum Gasteiger partial charge on any atom is -1.00 e. The van der Waals surface area contributed by atoms with Gasteiger partial charge in [0.15, 0.2) is 0 Å². The van der Waals surface area contributed by atoms with Crippen molar-refractivity contribution in [2.75, 3.05) is 6.67 Å². The maximum Gasteiger partial charge on any atom is 4.00 e. The molecule has 0 spiro atoms. The quantitative estimate of drug-likeness (QED) is 0.0748. The van der Waals surface area contributed by atoms with E-state index in [1.807, 2.05) is 0 Å². The van der Waals surface area contributed by atoms with Gasteiger partial charge >= 0.3 is 17.4 Å². The van der Waals surface area contributed by atoms with Crippen LogP contribution < -0.4 is 53.2 Å². The normalized spacial score (nSPS) is 15.4. The molecule has 280 valence electrons. The second-order valence-electron chi connectivity index (χ2n) is 13.5. The van der Waals surface area contributed by atoms with Crippen LogP contribution in [-0.2, 0) is 17.4 Å². The molecule has 1 aliphatic heterocycles. The monoisotopic (exact) mass is 749 g/mol. The van der Waals surface area contributed by atoms with Crippen molar-refractivity contribution >= 4 is 0 Å². The van der Waals surface area contributed by atoms with Gasteiger partial charge < -0.3 is 44.1 Å². The number of nitrogens with one attached hydrogen (secondary N) is 3. The van der Waals surface area contributed by atoms with Crippen molar-refractivity contribution < 1.29 is 54.6 Å². The summed E-state index contributed by atoms with van der Waals surface area (Å²) in [6.07, 6.45) is 46.0. The van der Waals surface area contributed by atoms with Crippen molar-refractivity contribution in [3.63, 3.8) is 0 Å². The van der Waals surface area contributed by atoms with E-state index in [-0.39, 0.29) is 54.6 Å². The van der Waals surface area contributed by atoms with Gasteiger partial charge in [0.05, 0.1) is 12.3 Å². The fraction of sp³-hybridized carbons (Fsp3) is 0.974. The molecule has 0 bridgehead atoms. The molecule has 0 radical (unpaired) electrons. The second kappa shape index (κ2) is 50.7. The number of rotatable bonds is 31. The van der Waals surface area contributed by atoms with Crippen LogP contribution >= 0.6 is 0 Å². The summed E-state index contributed by atoms with van der Waals surface area (Å²) in [4.78, 5) is 0. The number of halogens is 3. The summed E-state index contributed by atoms with van der Waals surface area (Å²) in [6.45, 7) is 11.7. The smallest absolute Gasteiger partial charge is 1.00 e. The summed E-state index contributed by atoms with van der Waals surface area (Å²) in [5.74, 6) is 0. The summed E-state index contributed by atoms with van der Waals surface area (Å²) < 4.78 is 0. The number of unbranched alkanes of at least 4 members (excludes halogenated alkanes) is 27. The average molecular weight is 751 g/mol. The van der Waals surface area contributed by atoms with Crippen LogP contribution in [0.3, 0.4) is 0 Å². The molecular formula is C39H82Cl3CrN3. The Labute approximate surface area is 321 Å². The van der Waals surface area contributed by atoms with E-state index < -0.39 is 0 Å². The van der Waals surface area contributed by atoms with Crippen molar-refractivity contribution in [1.82, 2.24) is 16.0 Å². The largest absolute Gasteiger partial charge is 4.00 e. The molecular weight excluding hydrogens is 669 g/mol. The maximum absolute atomic E-state index is 3.84. The third-order valence-corrected chi connectivity index (χ3v) is 9.15. The summed E-state index contributed by atoms with van der Waals surface area (Å²) in [5, 5.41) is 11.0. The van der Waals surface area contributed by atoms with Crippen LogP contribution in [0.4, 0.5) is 0 Å². The van der Waals surface area contributed by atoms with Crippen molar-refractivity contribution in [3.05, 3.63) is 6.92 Å². The third kappa shape index (κ3) is 45.3. The van der Waals surface area contributed by atoms with Gasteiger partial charge in [-0.2, -0.15) is 6.42 Å². The molecule has 0 aromatic carbocycles. The molecule has 1 saturated heterocycles. The zero-order chi connectivity index (χ0) is 30.6. The second-order valence-corrected chi connectivity index (χ2v) is 13.5. The number of hydrogen-bond acceptors (Lipinski definition) is 3. The van der Waals surface area contributed by atoms with E-state index in [1.54, 1.807) is 0 Å². The van der Waals surface area contributed by atoms with E-state index in [2.05, 4.69) is 43.6 Å². The molecule has 1 rings (SSSR count). The molecule has 7 heteroatoms. The SMILES string of the molecule is CCCCCCCCCCCCC1NCNC(CCCCCCCCCCCC)N1.[CH2-]CCCCCCCCCCC.[Cl-].[Cl-].[Cl-].[Cr+4]. The van der Waals surface area contributed by atoms with Crippen LogP contribution in [0.1, 0.15) is 226 Å². The molecule has 2 atom stereocenters. The van der Waals surface area contributed by atoms with Gasteiger partial charge in [-0.05, 0) is 12.8 Å². The Balaban J connectivity index is -0.000000300. The summed E-state index contributed by atoms with van der Waals surface area (Å²) in [5.41, 5.74) is 0. The minimum atomic E-state index is 0. The standard InChI is InChI=1S/C27H57N3.C12H25.3ClH.Cr/c1-3-5-7-9-11-13-15-17-19-21-23-26-28-25-29-27(30-26)24-22-20-18-16-14-12-10-8-6-4-2;1-3-5-7-9-11-12-10-8-6-4-2;;;;/h26-30H,3-25H2,1-2H3;1,3-12H2,2H3;3*1H;/q;-1;;;;+4/p-3. The first-order valence-corrected chi connectivity index (χ1v) is 19.8. The molecule has 3 nitrogen and oxygen atoms in total. The van der Waals surface area contributed by atoms with Crippen LogP contribution in [-0.4, -0.2) is 19.0 Å². The Hall–Kier alpha value is 1.28. The predicted octanol–water partition coefficient (Wildman–Crippen LogP) is 3.75. The molecule has 1 heterocycles. The molecule has 0 aromatic heterocycles. The van der Waals surface area contributed by atoms with Gasteiger partial charge in [0, 0.05) is 6.67 Å². The van der Waals surface area contributed by atoms with E-state index in [0.29, 0.717) is 12.3 Å². The summed E-state index contributed by atoms with van der Waals surface area (Å²) in [6, 6.07) is 0. The van der Waals surface area contributed by atoms with E-state index in [0.717, 1.165) is 13.1 Å². The first-order chi connectivity index (χ1) is 20.8. The van der Waals surface area contributed by atoms with E-state index >= 15 is 0 Å². The maximum atomic E-state index is 3.84. The molecule has 46 heavy (non-hydrogen) atoms. The first-order valence-electron chi connectivity index (χ1n) is 19.8. The predicted molar refractivity (Wildman–Crippen MR) is 192 cm³/mol. The fourth-order valence-electron chi connectivity index (χ4n) is 6.20. The van der Waals surface area contributed by atoms with Crippen molar-refractivity contribution in [2.24, 2.45) is 0 Å². The van der Waals surface area contributed by atoms with Crippen molar-refractivity contribution in [3.8, 4) is 0 Å². The Kier molecular flexibility index (Phi) is 62.4. The molecule has 0 amide bonds. The van der Waals surface area contributed by atoms with Gasteiger partial charge in [-0.1, -0.05) is 207 Å². The first kappa shape index (κ1) is 56.7. The van der Waals surface area contributed by atoms with Gasteiger partial charge in [-0.15, -0.1) is 0 Å². The summed E-state index contributed by atoms with van der Waals surface area (Å²) >= 11 is 0. The molecule has 3 N–H and O–H groups in total. The average Bonchev–Trinajstić information content (AvgIpc) is 3.01. The van der Waals surface area contributed by atoms with E-state index in [4.69, 9.17) is 0 Å². The number of hydrogen-bond donors (Lipinski definition) is 3. The molecule has 0 aliphatic carbocycles. The molecule has 1 aliphatic rings. The zero-order valence-electron chi connectivity index (χ0n) is 31.2. The van der Waals surface area contributed by atoms with E-state index in [1.165, 1.54) is 199 Å². The Morgan fingerprint density at radius 2 is 0.630 bits per heavy atom. The Bertz CT molecular complexity index is 451. The van der Waals surface area contributed by atoms with Crippen LogP contribution in [0.2, 0.25) is 0 Å². The van der Waals surface area contributed by atoms with Crippen LogP contribution in [0.25, 0.3) is 0 Å². The van der Waals surface area contributed by atoms with Crippen molar-refractivity contribution in [2.45, 2.75) is 239 Å². The molecule has 1 fully saturated rings. The zero-order valence-corrected chi connectivity index (χ0v) is 34.8.